The van der Waals surface area contributed by atoms with Gasteiger partial charge in [-0.1, -0.05) is 98.7 Å². The Hall–Kier alpha value is -5.10. The highest BCUT2D eigenvalue weighted by molar-refractivity contribution is 7.01. The van der Waals surface area contributed by atoms with Gasteiger partial charge in [-0.25, -0.2) is 0 Å². The number of anilines is 6. The largest absolute Gasteiger partial charge is 0.486 e. The van der Waals surface area contributed by atoms with Crippen molar-refractivity contribution in [1.29, 1.82) is 0 Å². The van der Waals surface area contributed by atoms with Gasteiger partial charge in [-0.05, 0) is 125 Å². The molecule has 0 unspecified atom stereocenters. The van der Waals surface area contributed by atoms with E-state index in [1.54, 1.807) is 0 Å². The van der Waals surface area contributed by atoms with E-state index in [2.05, 4.69) is 173 Å². The van der Waals surface area contributed by atoms with Crippen molar-refractivity contribution in [3.8, 4) is 11.5 Å². The van der Waals surface area contributed by atoms with Crippen LogP contribution in [0.4, 0.5) is 34.3 Å². The molecule has 0 saturated carbocycles. The van der Waals surface area contributed by atoms with Gasteiger partial charge < -0.3 is 18.8 Å². The van der Waals surface area contributed by atoms with Gasteiger partial charge in [-0.15, -0.1) is 0 Å². The summed E-state index contributed by atoms with van der Waals surface area (Å²) in [7, 11) is 0. The molecular formula is C50H55BN2O3. The molecule has 6 aromatic rings. The molecule has 1 aromatic heterocycles. The molecule has 5 nitrogen and oxygen atoms in total. The van der Waals surface area contributed by atoms with Crippen molar-refractivity contribution >= 4 is 68.4 Å². The van der Waals surface area contributed by atoms with E-state index in [4.69, 9.17) is 13.9 Å². The molecule has 0 fully saturated rings. The molecule has 56 heavy (non-hydrogen) atoms. The lowest BCUT2D eigenvalue weighted by atomic mass is 9.33. The molecule has 5 aromatic carbocycles. The van der Waals surface area contributed by atoms with Gasteiger partial charge in [-0.3, -0.25) is 4.90 Å². The molecule has 0 spiro atoms. The lowest BCUT2D eigenvalue weighted by Gasteiger charge is -2.44. The van der Waals surface area contributed by atoms with E-state index in [9.17, 15) is 0 Å². The molecule has 286 valence electrons. The molecule has 0 bridgehead atoms. The maximum atomic E-state index is 7.19. The minimum absolute atomic E-state index is 0.0230. The standard InChI is InChI=1S/C50H55BN2O3/c1-28-23-34(50(11,12)13)24-29(2)44(28)53-39-16-14-15-38-43(39)51(42-35-26-32(48(5,6)7)18-20-40(35)56-47(42)53)36-27-33(49(8,9)10)17-19-37(36)52(38)45-30(3)25-41-46(31(45)4)55-22-21-54-41/h14-20,23-27H,21-22H2,1-13H3. The summed E-state index contributed by atoms with van der Waals surface area (Å²) in [6.07, 6.45) is 0. The van der Waals surface area contributed by atoms with Crippen LogP contribution >= 0.6 is 0 Å². The van der Waals surface area contributed by atoms with Crippen molar-refractivity contribution in [2.75, 3.05) is 23.0 Å². The number of hydrogen-bond acceptors (Lipinski definition) is 5. The quantitative estimate of drug-likeness (QED) is 0.165. The summed E-state index contributed by atoms with van der Waals surface area (Å²) in [6.45, 7) is 30.7. The Morgan fingerprint density at radius 1 is 0.554 bits per heavy atom. The summed E-state index contributed by atoms with van der Waals surface area (Å²) >= 11 is 0. The van der Waals surface area contributed by atoms with Gasteiger partial charge in [0.2, 0.25) is 5.88 Å². The van der Waals surface area contributed by atoms with Crippen LogP contribution in [0.25, 0.3) is 11.0 Å². The normalized spacial score (nSPS) is 14.9. The molecule has 0 N–H and O–H groups in total. The van der Waals surface area contributed by atoms with Crippen molar-refractivity contribution in [2.24, 2.45) is 0 Å². The Kier molecular flexibility index (Phi) is 7.96. The van der Waals surface area contributed by atoms with Crippen LogP contribution < -0.4 is 35.7 Å². The fourth-order valence-corrected chi connectivity index (χ4v) is 9.44. The number of rotatable bonds is 2. The Balaban J connectivity index is 1.42. The highest BCUT2D eigenvalue weighted by Gasteiger charge is 2.47. The second-order valence-corrected chi connectivity index (χ2v) is 19.5. The van der Waals surface area contributed by atoms with Crippen molar-refractivity contribution < 1.29 is 13.9 Å². The highest BCUT2D eigenvalue weighted by atomic mass is 16.6. The predicted molar refractivity (Wildman–Crippen MR) is 236 cm³/mol. The first-order valence-corrected chi connectivity index (χ1v) is 20.3. The topological polar surface area (TPSA) is 38.1 Å². The molecule has 9 rings (SSSR count). The molecule has 0 aliphatic carbocycles. The summed E-state index contributed by atoms with van der Waals surface area (Å²) in [5, 5.41) is 1.18. The molecule has 0 atom stereocenters. The first-order valence-electron chi connectivity index (χ1n) is 20.3. The third-order valence-electron chi connectivity index (χ3n) is 12.4. The lowest BCUT2D eigenvalue weighted by molar-refractivity contribution is 0.170. The van der Waals surface area contributed by atoms with Crippen molar-refractivity contribution in [3.63, 3.8) is 0 Å². The van der Waals surface area contributed by atoms with E-state index in [1.165, 1.54) is 66.7 Å². The van der Waals surface area contributed by atoms with Gasteiger partial charge in [0.15, 0.2) is 11.5 Å². The summed E-state index contributed by atoms with van der Waals surface area (Å²) in [4.78, 5) is 4.95. The Morgan fingerprint density at radius 3 is 1.80 bits per heavy atom. The van der Waals surface area contributed by atoms with Crippen LogP contribution in [-0.4, -0.2) is 19.9 Å². The van der Waals surface area contributed by atoms with E-state index in [0.29, 0.717) is 13.2 Å². The zero-order chi connectivity index (χ0) is 39.8. The zero-order valence-electron chi connectivity index (χ0n) is 35.5. The Morgan fingerprint density at radius 2 is 1.14 bits per heavy atom. The molecule has 0 amide bonds. The molecule has 3 aliphatic heterocycles. The fourth-order valence-electron chi connectivity index (χ4n) is 9.44. The summed E-state index contributed by atoms with van der Waals surface area (Å²) in [5.74, 6) is 2.56. The summed E-state index contributed by atoms with van der Waals surface area (Å²) in [6, 6.07) is 27.8. The van der Waals surface area contributed by atoms with E-state index in [1.807, 2.05) is 0 Å². The molecule has 6 heteroatoms. The van der Waals surface area contributed by atoms with Crippen LogP contribution in [0.1, 0.15) is 101 Å². The van der Waals surface area contributed by atoms with Crippen molar-refractivity contribution in [1.82, 2.24) is 0 Å². The Bertz CT molecular complexity index is 2590. The van der Waals surface area contributed by atoms with Crippen LogP contribution in [0, 0.1) is 27.7 Å². The first kappa shape index (κ1) is 36.5. The first-order chi connectivity index (χ1) is 26.3. The predicted octanol–water partition coefficient (Wildman–Crippen LogP) is 11.4. The molecule has 0 saturated heterocycles. The Labute approximate surface area is 333 Å². The van der Waals surface area contributed by atoms with E-state index < -0.39 is 0 Å². The van der Waals surface area contributed by atoms with Gasteiger partial charge in [0.05, 0.1) is 11.4 Å². The summed E-state index contributed by atoms with van der Waals surface area (Å²) in [5.41, 5.74) is 19.1. The fraction of sp³-hybridized carbons (Fsp3) is 0.360. The van der Waals surface area contributed by atoms with E-state index >= 15 is 0 Å². The minimum atomic E-state index is -0.0650. The smallest absolute Gasteiger partial charge is 0.257 e. The summed E-state index contributed by atoms with van der Waals surface area (Å²) < 4.78 is 19.7. The van der Waals surface area contributed by atoms with Crippen LogP contribution in [-0.2, 0) is 16.2 Å². The minimum Gasteiger partial charge on any atom is -0.486 e. The zero-order valence-corrected chi connectivity index (χ0v) is 35.5. The highest BCUT2D eigenvalue weighted by Crippen LogP contribution is 2.51. The van der Waals surface area contributed by atoms with Crippen molar-refractivity contribution in [2.45, 2.75) is 106 Å². The average Bonchev–Trinajstić information content (AvgIpc) is 3.50. The lowest BCUT2D eigenvalue weighted by Crippen LogP contribution is -2.61. The third kappa shape index (κ3) is 5.42. The number of furan rings is 1. The van der Waals surface area contributed by atoms with Crippen LogP contribution in [0.3, 0.4) is 0 Å². The second kappa shape index (κ2) is 12.2. The average molecular weight is 743 g/mol. The van der Waals surface area contributed by atoms with E-state index in [-0.39, 0.29) is 23.0 Å². The third-order valence-corrected chi connectivity index (χ3v) is 12.4. The SMILES string of the molecule is Cc1cc(C(C)(C)C)cc(C)c1N1c2cccc3c2B(c2cc(C(C)(C)C)ccc2N3c2c(C)cc3c(c2C)OCCO3)c2c1oc1ccc(C(C)(C)C)cc21. The van der Waals surface area contributed by atoms with Crippen LogP contribution in [0.2, 0.25) is 0 Å². The number of hydrogen-bond donors (Lipinski definition) is 0. The maximum Gasteiger partial charge on any atom is 0.257 e. The number of fused-ring (bicyclic) bond motifs is 7. The maximum absolute atomic E-state index is 7.19. The van der Waals surface area contributed by atoms with Gasteiger partial charge in [-0.2, -0.15) is 0 Å². The number of nitrogens with zero attached hydrogens (tertiary/aromatic N) is 2. The van der Waals surface area contributed by atoms with Gasteiger partial charge >= 0.3 is 0 Å². The monoisotopic (exact) mass is 742 g/mol. The van der Waals surface area contributed by atoms with E-state index in [0.717, 1.165) is 45.5 Å². The van der Waals surface area contributed by atoms with Crippen molar-refractivity contribution in [3.05, 3.63) is 112 Å². The van der Waals surface area contributed by atoms with Gasteiger partial charge in [0.1, 0.15) is 18.8 Å². The molecule has 3 aliphatic rings. The van der Waals surface area contributed by atoms with Crippen LogP contribution in [0.5, 0.6) is 11.5 Å². The number of benzene rings is 5. The second-order valence-electron chi connectivity index (χ2n) is 19.5. The number of ether oxygens (including phenoxy) is 2. The van der Waals surface area contributed by atoms with Gasteiger partial charge in [0.25, 0.3) is 6.71 Å². The number of aryl methyl sites for hydroxylation is 3. The molecular weight excluding hydrogens is 687 g/mol. The van der Waals surface area contributed by atoms with Crippen LogP contribution in [0.15, 0.2) is 77.2 Å². The molecule has 4 heterocycles. The molecule has 0 radical (unpaired) electrons. The van der Waals surface area contributed by atoms with Gasteiger partial charge in [0, 0.05) is 33.5 Å².